The van der Waals surface area contributed by atoms with Crippen LogP contribution in [0.15, 0.2) is 0 Å². The topological polar surface area (TPSA) is 161 Å². The minimum atomic E-state index is -1.08. The molecule has 0 aromatic rings. The Morgan fingerprint density at radius 3 is 0.500 bits per heavy atom. The van der Waals surface area contributed by atoms with Crippen molar-refractivity contribution in [1.29, 1.82) is 0 Å². The first kappa shape index (κ1) is 36.0. The van der Waals surface area contributed by atoms with Crippen molar-refractivity contribution in [3.8, 4) is 0 Å². The molecule has 10 heteroatoms. The number of hydrogen-bond acceptors (Lipinski definition) is 8. The number of carboxylic acids is 4. The Kier molecular flexibility index (Phi) is 59.4. The number of carbonyl (C=O) groups is 4. The molecule has 8 nitrogen and oxygen atoms in total. The number of aliphatic carboxylic acids is 4. The van der Waals surface area contributed by atoms with Gasteiger partial charge in [0.1, 0.15) is 0 Å². The maximum Gasteiger partial charge on any atom is 2.00 e. The second-order valence-electron chi connectivity index (χ2n) is 1.97. The summed E-state index contributed by atoms with van der Waals surface area (Å²) in [6.07, 6.45) is 0. The molecule has 0 heterocycles. The molecule has 2 radical (unpaired) electrons. The fourth-order valence-corrected chi connectivity index (χ4v) is 0. The number of carbonyl (C=O) groups excluding carboxylic acids is 4. The van der Waals surface area contributed by atoms with Crippen LogP contribution in [0.25, 0.3) is 0 Å². The van der Waals surface area contributed by atoms with Crippen molar-refractivity contribution >= 4 is 23.9 Å². The molecule has 0 aliphatic rings. The number of carboxylic acid groups (broad SMARTS) is 4. The fourth-order valence-electron chi connectivity index (χ4n) is 0. The van der Waals surface area contributed by atoms with E-state index in [4.69, 9.17) is 39.6 Å². The molecule has 18 heavy (non-hydrogen) atoms. The van der Waals surface area contributed by atoms with Gasteiger partial charge in [-0.1, -0.05) is 0 Å². The van der Waals surface area contributed by atoms with E-state index in [1.165, 1.54) is 0 Å². The normalized spacial score (nSPS) is 5.56. The molecule has 0 fully saturated rings. The maximum atomic E-state index is 8.89. The Morgan fingerprint density at radius 1 is 0.500 bits per heavy atom. The molecule has 0 aliphatic heterocycles. The summed E-state index contributed by atoms with van der Waals surface area (Å²) >= 11 is 0. The minimum Gasteiger partial charge on any atom is -0.550 e. The van der Waals surface area contributed by atoms with E-state index in [-0.39, 0.29) is 34.1 Å². The van der Waals surface area contributed by atoms with Crippen LogP contribution in [-0.4, -0.2) is 23.9 Å². The quantitative estimate of drug-likeness (QED) is 0.394. The summed E-state index contributed by atoms with van der Waals surface area (Å²) in [6, 6.07) is 0. The smallest absolute Gasteiger partial charge is 0.550 e. The van der Waals surface area contributed by atoms with Crippen LogP contribution < -0.4 is 20.4 Å². The van der Waals surface area contributed by atoms with Gasteiger partial charge in [0.05, 0.1) is 0 Å². The van der Waals surface area contributed by atoms with Gasteiger partial charge in [-0.3, -0.25) is 0 Å². The van der Waals surface area contributed by atoms with Crippen LogP contribution in [0.1, 0.15) is 27.7 Å². The third-order valence-electron chi connectivity index (χ3n) is 0. The summed E-state index contributed by atoms with van der Waals surface area (Å²) < 4.78 is 0. The van der Waals surface area contributed by atoms with Crippen molar-refractivity contribution in [2.45, 2.75) is 27.7 Å². The van der Waals surface area contributed by atoms with Crippen LogP contribution in [0, 0.1) is 0 Å². The SMILES string of the molecule is CC(=O)[O-].CC(=O)[O-].CC(=O)[O-].CC(=O)[O-].[Mn+2].[Mn+2]. The van der Waals surface area contributed by atoms with Crippen LogP contribution in [-0.2, 0) is 53.3 Å². The average Bonchev–Trinajstić information content (AvgIpc) is 1.76. The van der Waals surface area contributed by atoms with Gasteiger partial charge in [-0.15, -0.1) is 0 Å². The van der Waals surface area contributed by atoms with Crippen molar-refractivity contribution < 1.29 is 73.7 Å². The Hall–Kier alpha value is -1.08. The monoisotopic (exact) mass is 346 g/mol. The Bertz CT molecular complexity index is 165. The van der Waals surface area contributed by atoms with Crippen LogP contribution >= 0.6 is 0 Å². The zero-order valence-corrected chi connectivity index (χ0v) is 12.4. The van der Waals surface area contributed by atoms with Gasteiger partial charge in [0.2, 0.25) is 0 Å². The molecule has 0 aromatic carbocycles. The van der Waals surface area contributed by atoms with Crippen LogP contribution in [0.3, 0.4) is 0 Å². The first-order valence-electron chi connectivity index (χ1n) is 3.63. The molecule has 0 aromatic heterocycles. The fraction of sp³-hybridized carbons (Fsp3) is 0.500. The van der Waals surface area contributed by atoms with Crippen LogP contribution in [0.5, 0.6) is 0 Å². The summed E-state index contributed by atoms with van der Waals surface area (Å²) in [7, 11) is 0. The second-order valence-corrected chi connectivity index (χ2v) is 1.97. The average molecular weight is 346 g/mol. The molecular weight excluding hydrogens is 334 g/mol. The van der Waals surface area contributed by atoms with Gasteiger partial charge in [0, 0.05) is 23.9 Å². The molecule has 0 saturated carbocycles. The molecule has 0 spiro atoms. The molecule has 0 bridgehead atoms. The van der Waals surface area contributed by atoms with Crippen molar-refractivity contribution in [1.82, 2.24) is 0 Å². The van der Waals surface area contributed by atoms with Crippen molar-refractivity contribution in [3.63, 3.8) is 0 Å². The molecule has 0 unspecified atom stereocenters. The van der Waals surface area contributed by atoms with Crippen molar-refractivity contribution in [3.05, 3.63) is 0 Å². The van der Waals surface area contributed by atoms with E-state index in [0.717, 1.165) is 27.7 Å². The maximum absolute atomic E-state index is 8.89. The molecule has 0 N–H and O–H groups in total. The first-order valence-corrected chi connectivity index (χ1v) is 3.63. The molecule has 0 aliphatic carbocycles. The second kappa shape index (κ2) is 29.7. The summed E-state index contributed by atoms with van der Waals surface area (Å²) in [5, 5.41) is 35.6. The Morgan fingerprint density at radius 2 is 0.500 bits per heavy atom. The summed E-state index contributed by atoms with van der Waals surface area (Å²) in [5.41, 5.74) is 0. The van der Waals surface area contributed by atoms with Gasteiger partial charge >= 0.3 is 34.1 Å². The molecule has 0 atom stereocenters. The molecular formula is C8H12Mn2O8. The van der Waals surface area contributed by atoms with E-state index < -0.39 is 23.9 Å². The van der Waals surface area contributed by atoms with Gasteiger partial charge in [-0.2, -0.15) is 0 Å². The predicted octanol–water partition coefficient (Wildman–Crippen LogP) is -4.98. The van der Waals surface area contributed by atoms with Gasteiger partial charge < -0.3 is 39.6 Å². The summed E-state index contributed by atoms with van der Waals surface area (Å²) in [6.45, 7) is 3.89. The summed E-state index contributed by atoms with van der Waals surface area (Å²) in [4.78, 5) is 35.6. The molecule has 0 rings (SSSR count). The standard InChI is InChI=1S/4C2H4O2.2Mn/c4*1-2(3)4;;/h4*1H3,(H,3,4);;/q;;;;2*+2/p-4. The third kappa shape index (κ3) is 2470. The van der Waals surface area contributed by atoms with E-state index >= 15 is 0 Å². The number of rotatable bonds is 0. The largest absolute Gasteiger partial charge is 2.00 e. The van der Waals surface area contributed by atoms with Gasteiger partial charge in [0.15, 0.2) is 0 Å². The third-order valence-corrected chi connectivity index (χ3v) is 0. The number of hydrogen-bond donors (Lipinski definition) is 0. The zero-order chi connectivity index (χ0) is 14.3. The van der Waals surface area contributed by atoms with E-state index in [1.54, 1.807) is 0 Å². The van der Waals surface area contributed by atoms with Gasteiger partial charge in [-0.25, -0.2) is 0 Å². The van der Waals surface area contributed by atoms with Gasteiger partial charge in [0.25, 0.3) is 0 Å². The minimum absolute atomic E-state index is 0. The predicted molar refractivity (Wildman–Crippen MR) is 42.7 cm³/mol. The zero-order valence-electron chi connectivity index (χ0n) is 10.0. The molecule has 106 valence electrons. The summed E-state index contributed by atoms with van der Waals surface area (Å²) in [5.74, 6) is -4.33. The van der Waals surface area contributed by atoms with Gasteiger partial charge in [-0.05, 0) is 27.7 Å². The Balaban J connectivity index is -0.0000000257. The van der Waals surface area contributed by atoms with E-state index in [0.29, 0.717) is 0 Å². The molecule has 0 saturated heterocycles. The van der Waals surface area contributed by atoms with E-state index in [1.807, 2.05) is 0 Å². The Labute approximate surface area is 125 Å². The first-order chi connectivity index (χ1) is 6.93. The van der Waals surface area contributed by atoms with Crippen LogP contribution in [0.2, 0.25) is 0 Å². The van der Waals surface area contributed by atoms with Crippen LogP contribution in [0.4, 0.5) is 0 Å². The van der Waals surface area contributed by atoms with Crippen molar-refractivity contribution in [2.24, 2.45) is 0 Å². The van der Waals surface area contributed by atoms with E-state index in [9.17, 15) is 0 Å². The molecule has 0 amide bonds. The van der Waals surface area contributed by atoms with E-state index in [2.05, 4.69) is 0 Å². The van der Waals surface area contributed by atoms with Crippen molar-refractivity contribution in [2.75, 3.05) is 0 Å².